The van der Waals surface area contributed by atoms with Crippen LogP contribution >= 0.6 is 0 Å². The largest absolute Gasteiger partial charge is 0.326 e. The number of rotatable bonds is 3. The van der Waals surface area contributed by atoms with Gasteiger partial charge in [-0.15, -0.1) is 0 Å². The molecule has 2 bridgehead atoms. The first-order chi connectivity index (χ1) is 9.65. The van der Waals surface area contributed by atoms with E-state index >= 15 is 0 Å². The summed E-state index contributed by atoms with van der Waals surface area (Å²) in [6, 6.07) is 6.05. The summed E-state index contributed by atoms with van der Waals surface area (Å²) in [5.41, 5.74) is 0.697. The first-order valence-electron chi connectivity index (χ1n) is 7.20. The predicted octanol–water partition coefficient (Wildman–Crippen LogP) is 2.83. The van der Waals surface area contributed by atoms with Crippen LogP contribution in [0.3, 0.4) is 0 Å². The molecule has 1 unspecified atom stereocenters. The molecule has 5 atom stereocenters. The van der Waals surface area contributed by atoms with E-state index in [-0.39, 0.29) is 17.5 Å². The monoisotopic (exact) mass is 272 g/mol. The summed E-state index contributed by atoms with van der Waals surface area (Å²) in [4.78, 5) is 22.4. The van der Waals surface area contributed by atoms with Crippen LogP contribution in [0.4, 0.5) is 11.4 Å². The highest BCUT2D eigenvalue weighted by Gasteiger charge is 2.67. The van der Waals surface area contributed by atoms with Gasteiger partial charge in [-0.05, 0) is 55.1 Å². The summed E-state index contributed by atoms with van der Waals surface area (Å²) in [6.45, 7) is 0. The quantitative estimate of drug-likeness (QED) is 0.679. The minimum Gasteiger partial charge on any atom is -0.326 e. The number of nitrogens with one attached hydrogen (secondary N) is 1. The van der Waals surface area contributed by atoms with E-state index in [1.807, 2.05) is 0 Å². The summed E-state index contributed by atoms with van der Waals surface area (Å²) < 4.78 is 0. The van der Waals surface area contributed by atoms with Gasteiger partial charge < -0.3 is 5.32 Å². The van der Waals surface area contributed by atoms with E-state index in [4.69, 9.17) is 0 Å². The van der Waals surface area contributed by atoms with Gasteiger partial charge in [0.05, 0.1) is 4.92 Å². The van der Waals surface area contributed by atoms with Gasteiger partial charge in [-0.1, -0.05) is 0 Å². The molecule has 1 aromatic rings. The van der Waals surface area contributed by atoms with Crippen molar-refractivity contribution in [1.82, 2.24) is 0 Å². The molecule has 4 rings (SSSR count). The van der Waals surface area contributed by atoms with Crippen molar-refractivity contribution >= 4 is 17.3 Å². The molecule has 5 heteroatoms. The number of nitro benzene ring substituents is 1. The van der Waals surface area contributed by atoms with Crippen LogP contribution in [0.2, 0.25) is 0 Å². The minimum atomic E-state index is -0.436. The Labute approximate surface area is 116 Å². The molecule has 1 aromatic carbocycles. The summed E-state index contributed by atoms with van der Waals surface area (Å²) in [6.07, 6.45) is 3.93. The van der Waals surface area contributed by atoms with E-state index in [0.717, 1.165) is 11.8 Å². The lowest BCUT2D eigenvalue weighted by atomic mass is 10.0. The number of anilines is 1. The third-order valence-electron chi connectivity index (χ3n) is 5.38. The van der Waals surface area contributed by atoms with Gasteiger partial charge in [-0.25, -0.2) is 0 Å². The SMILES string of the molecule is O=C(Nc1ccc([N+](=O)[O-])cc1)C1[C@@H]2[C@H]3CC[C@H](C3)[C@H]12. The average Bonchev–Trinajstić information content (AvgIpc) is 2.89. The Bertz CT molecular complexity index is 567. The van der Waals surface area contributed by atoms with Crippen LogP contribution in [-0.2, 0) is 4.79 Å². The zero-order valence-corrected chi connectivity index (χ0v) is 11.0. The van der Waals surface area contributed by atoms with Crippen LogP contribution in [0.5, 0.6) is 0 Å². The van der Waals surface area contributed by atoms with E-state index in [1.54, 1.807) is 12.1 Å². The Morgan fingerprint density at radius 2 is 1.75 bits per heavy atom. The number of fused-ring (bicyclic) bond motifs is 5. The maximum Gasteiger partial charge on any atom is 0.269 e. The van der Waals surface area contributed by atoms with Gasteiger partial charge in [-0.3, -0.25) is 14.9 Å². The Balaban J connectivity index is 1.42. The molecule has 3 fully saturated rings. The second-order valence-corrected chi connectivity index (χ2v) is 6.31. The van der Waals surface area contributed by atoms with Crippen LogP contribution < -0.4 is 5.32 Å². The highest BCUT2D eigenvalue weighted by Crippen LogP contribution is 2.69. The van der Waals surface area contributed by atoms with Crippen LogP contribution in [0.25, 0.3) is 0 Å². The highest BCUT2D eigenvalue weighted by atomic mass is 16.6. The Hall–Kier alpha value is -1.91. The van der Waals surface area contributed by atoms with E-state index in [2.05, 4.69) is 5.32 Å². The van der Waals surface area contributed by atoms with Crippen molar-refractivity contribution in [3.05, 3.63) is 34.4 Å². The maximum absolute atomic E-state index is 12.3. The number of nitrogens with zero attached hydrogens (tertiary/aromatic N) is 1. The zero-order valence-electron chi connectivity index (χ0n) is 11.0. The Morgan fingerprint density at radius 3 is 2.30 bits per heavy atom. The molecule has 0 aromatic heterocycles. The smallest absolute Gasteiger partial charge is 0.269 e. The molecule has 1 N–H and O–H groups in total. The van der Waals surface area contributed by atoms with E-state index in [0.29, 0.717) is 17.5 Å². The van der Waals surface area contributed by atoms with Crippen LogP contribution in [0, 0.1) is 39.7 Å². The van der Waals surface area contributed by atoms with E-state index in [1.165, 1.54) is 31.4 Å². The molecule has 20 heavy (non-hydrogen) atoms. The second-order valence-electron chi connectivity index (χ2n) is 6.31. The van der Waals surface area contributed by atoms with Crippen molar-refractivity contribution in [3.63, 3.8) is 0 Å². The van der Waals surface area contributed by atoms with Gasteiger partial charge in [0.1, 0.15) is 0 Å². The predicted molar refractivity (Wildman–Crippen MR) is 73.0 cm³/mol. The van der Waals surface area contributed by atoms with Crippen molar-refractivity contribution in [3.8, 4) is 0 Å². The lowest BCUT2D eigenvalue weighted by molar-refractivity contribution is -0.384. The third kappa shape index (κ3) is 1.65. The number of amides is 1. The lowest BCUT2D eigenvalue weighted by Gasteiger charge is -2.09. The summed E-state index contributed by atoms with van der Waals surface area (Å²) >= 11 is 0. The first-order valence-corrected chi connectivity index (χ1v) is 7.20. The van der Waals surface area contributed by atoms with Gasteiger partial charge in [0.2, 0.25) is 5.91 Å². The lowest BCUT2D eigenvalue weighted by Crippen LogP contribution is -2.18. The fourth-order valence-corrected chi connectivity index (χ4v) is 4.57. The number of hydrogen-bond donors (Lipinski definition) is 1. The molecule has 0 aliphatic heterocycles. The molecular formula is C15H16N2O3. The fourth-order valence-electron chi connectivity index (χ4n) is 4.57. The zero-order chi connectivity index (χ0) is 13.9. The summed E-state index contributed by atoms with van der Waals surface area (Å²) in [7, 11) is 0. The first kappa shape index (κ1) is 11.9. The standard InChI is InChI=1S/C15H16N2O3/c18-15(14-12-8-1-2-9(7-8)13(12)14)16-10-3-5-11(6-4-10)17(19)20/h3-6,8-9,12-14H,1-2,7H2,(H,16,18)/t8-,9+,12+,13-,14?. The number of carbonyl (C=O) groups excluding carboxylic acids is 1. The molecule has 1 amide bonds. The number of nitro groups is 1. The van der Waals surface area contributed by atoms with Crippen LogP contribution in [0.15, 0.2) is 24.3 Å². The van der Waals surface area contributed by atoms with Crippen molar-refractivity contribution in [2.45, 2.75) is 19.3 Å². The molecule has 5 nitrogen and oxygen atoms in total. The number of hydrogen-bond acceptors (Lipinski definition) is 3. The van der Waals surface area contributed by atoms with Crippen LogP contribution in [0.1, 0.15) is 19.3 Å². The third-order valence-corrected chi connectivity index (χ3v) is 5.38. The highest BCUT2D eigenvalue weighted by molar-refractivity contribution is 5.95. The van der Waals surface area contributed by atoms with Gasteiger partial charge >= 0.3 is 0 Å². The molecule has 3 aliphatic rings. The molecule has 3 saturated carbocycles. The van der Waals surface area contributed by atoms with Crippen molar-refractivity contribution in [2.24, 2.45) is 29.6 Å². The van der Waals surface area contributed by atoms with Crippen LogP contribution in [-0.4, -0.2) is 10.8 Å². The number of non-ortho nitro benzene ring substituents is 1. The van der Waals surface area contributed by atoms with E-state index < -0.39 is 4.92 Å². The molecule has 0 spiro atoms. The molecule has 104 valence electrons. The van der Waals surface area contributed by atoms with Crippen molar-refractivity contribution < 1.29 is 9.72 Å². The average molecular weight is 272 g/mol. The van der Waals surface area contributed by atoms with E-state index in [9.17, 15) is 14.9 Å². The topological polar surface area (TPSA) is 72.2 Å². The fraction of sp³-hybridized carbons (Fsp3) is 0.533. The molecule has 0 saturated heterocycles. The van der Waals surface area contributed by atoms with Gasteiger partial charge in [0.25, 0.3) is 5.69 Å². The van der Waals surface area contributed by atoms with Gasteiger partial charge in [0, 0.05) is 23.7 Å². The van der Waals surface area contributed by atoms with Gasteiger partial charge in [0.15, 0.2) is 0 Å². The molecule has 0 heterocycles. The Morgan fingerprint density at radius 1 is 1.15 bits per heavy atom. The molecule has 3 aliphatic carbocycles. The van der Waals surface area contributed by atoms with Crippen molar-refractivity contribution in [1.29, 1.82) is 0 Å². The maximum atomic E-state index is 12.3. The summed E-state index contributed by atoms with van der Waals surface area (Å²) in [5, 5.41) is 13.5. The minimum absolute atomic E-state index is 0.0457. The summed E-state index contributed by atoms with van der Waals surface area (Å²) in [5.74, 6) is 3.08. The number of carbonyl (C=O) groups is 1. The Kier molecular flexibility index (Phi) is 2.40. The second kappa shape index (κ2) is 4.04. The normalized spacial score (nSPS) is 36.5. The molecule has 0 radical (unpaired) electrons. The van der Waals surface area contributed by atoms with Gasteiger partial charge in [-0.2, -0.15) is 0 Å². The molecular weight excluding hydrogens is 256 g/mol. The number of benzene rings is 1. The van der Waals surface area contributed by atoms with Crippen molar-refractivity contribution in [2.75, 3.05) is 5.32 Å².